The van der Waals surface area contributed by atoms with E-state index in [0.717, 1.165) is 24.8 Å². The Morgan fingerprint density at radius 1 is 0.857 bits per heavy atom. The van der Waals surface area contributed by atoms with Crippen LogP contribution in [-0.4, -0.2) is 17.6 Å². The Hall–Kier alpha value is -1.45. The second-order valence-electron chi connectivity index (χ2n) is 7.05. The minimum atomic E-state index is -0.310. The van der Waals surface area contributed by atoms with Gasteiger partial charge in [-0.25, -0.2) is 0 Å². The second-order valence-corrected chi connectivity index (χ2v) is 7.05. The number of rotatable bonds is 0. The van der Waals surface area contributed by atoms with Crippen LogP contribution in [0.25, 0.3) is 0 Å². The molecule has 4 nitrogen and oxygen atoms in total. The summed E-state index contributed by atoms with van der Waals surface area (Å²) in [4.78, 5) is 36.4. The summed E-state index contributed by atoms with van der Waals surface area (Å²) in [5.41, 5.74) is 1.43. The first-order valence-corrected chi connectivity index (χ1v) is 8.28. The lowest BCUT2D eigenvalue weighted by atomic mass is 9.64. The molecular formula is C17H21NO3. The maximum atomic E-state index is 12.9. The molecule has 0 spiro atoms. The Balaban J connectivity index is 1.76. The van der Waals surface area contributed by atoms with E-state index in [0.29, 0.717) is 30.3 Å². The fourth-order valence-electron chi connectivity index (χ4n) is 5.32. The third kappa shape index (κ3) is 1.91. The van der Waals surface area contributed by atoms with Gasteiger partial charge >= 0.3 is 0 Å². The van der Waals surface area contributed by atoms with Gasteiger partial charge in [0, 0.05) is 23.5 Å². The molecule has 1 aliphatic heterocycles. The van der Waals surface area contributed by atoms with E-state index in [1.807, 2.05) is 0 Å². The Bertz CT molecular complexity index is 560. The first-order valence-electron chi connectivity index (χ1n) is 8.28. The molecule has 3 saturated carbocycles. The number of piperidine rings is 1. The van der Waals surface area contributed by atoms with Gasteiger partial charge in [0.2, 0.25) is 5.91 Å². The number of allylic oxidation sites excluding steroid dienone is 1. The zero-order valence-electron chi connectivity index (χ0n) is 12.2. The highest BCUT2D eigenvalue weighted by Gasteiger charge is 2.53. The highest BCUT2D eigenvalue weighted by Crippen LogP contribution is 2.56. The summed E-state index contributed by atoms with van der Waals surface area (Å²) >= 11 is 0. The van der Waals surface area contributed by atoms with E-state index in [9.17, 15) is 14.4 Å². The molecule has 2 amide bonds. The molecule has 112 valence electrons. The summed E-state index contributed by atoms with van der Waals surface area (Å²) in [6, 6.07) is 0. The van der Waals surface area contributed by atoms with Crippen LogP contribution in [0, 0.1) is 23.7 Å². The molecule has 1 saturated heterocycles. The predicted octanol–water partition coefficient (Wildman–Crippen LogP) is 2.13. The largest absolute Gasteiger partial charge is 0.294 e. The van der Waals surface area contributed by atoms with E-state index in [-0.39, 0.29) is 29.4 Å². The third-order valence-corrected chi connectivity index (χ3v) is 6.08. The van der Waals surface area contributed by atoms with Crippen molar-refractivity contribution in [1.29, 1.82) is 0 Å². The van der Waals surface area contributed by atoms with Crippen molar-refractivity contribution in [1.82, 2.24) is 5.32 Å². The van der Waals surface area contributed by atoms with E-state index >= 15 is 0 Å². The first-order chi connectivity index (χ1) is 10.2. The summed E-state index contributed by atoms with van der Waals surface area (Å²) in [5.74, 6) is 1.31. The van der Waals surface area contributed by atoms with Crippen molar-refractivity contribution in [2.75, 3.05) is 0 Å². The van der Waals surface area contributed by atoms with Crippen molar-refractivity contribution in [3.63, 3.8) is 0 Å². The summed E-state index contributed by atoms with van der Waals surface area (Å²) in [7, 11) is 0. The average molecular weight is 287 g/mol. The van der Waals surface area contributed by atoms with Gasteiger partial charge in [0.1, 0.15) is 0 Å². The highest BCUT2D eigenvalue weighted by atomic mass is 16.2. The summed E-state index contributed by atoms with van der Waals surface area (Å²) in [6.07, 6.45) is 7.64. The van der Waals surface area contributed by atoms with Gasteiger partial charge in [0.15, 0.2) is 5.78 Å². The molecular weight excluding hydrogens is 266 g/mol. The fourth-order valence-corrected chi connectivity index (χ4v) is 5.32. The van der Waals surface area contributed by atoms with Gasteiger partial charge in [-0.05, 0) is 37.0 Å². The highest BCUT2D eigenvalue weighted by molar-refractivity contribution is 6.13. The summed E-state index contributed by atoms with van der Waals surface area (Å²) < 4.78 is 0. The number of carbonyl (C=O) groups excluding carboxylic acids is 3. The van der Waals surface area contributed by atoms with E-state index in [4.69, 9.17) is 0 Å². The molecule has 0 aromatic heterocycles. The minimum Gasteiger partial charge on any atom is -0.294 e. The summed E-state index contributed by atoms with van der Waals surface area (Å²) in [5, 5.41) is 2.39. The quantitative estimate of drug-likeness (QED) is 0.548. The molecule has 4 atom stereocenters. The maximum Gasteiger partial charge on any atom is 0.254 e. The van der Waals surface area contributed by atoms with Gasteiger partial charge in [-0.3, -0.25) is 19.7 Å². The monoisotopic (exact) mass is 287 g/mol. The molecule has 4 fully saturated rings. The molecule has 4 rings (SSSR count). The van der Waals surface area contributed by atoms with E-state index < -0.39 is 0 Å². The molecule has 4 aliphatic rings. The Morgan fingerprint density at radius 2 is 1.57 bits per heavy atom. The average Bonchev–Trinajstić information content (AvgIpc) is 2.75. The lowest BCUT2D eigenvalue weighted by Crippen LogP contribution is -2.37. The van der Waals surface area contributed by atoms with Gasteiger partial charge in [0.05, 0.1) is 0 Å². The number of ketones is 1. The van der Waals surface area contributed by atoms with Crippen LogP contribution in [0.1, 0.15) is 51.4 Å². The van der Waals surface area contributed by atoms with Crippen LogP contribution in [0.5, 0.6) is 0 Å². The van der Waals surface area contributed by atoms with Crippen LogP contribution in [0.15, 0.2) is 11.1 Å². The third-order valence-electron chi connectivity index (χ3n) is 6.08. The second kappa shape index (κ2) is 4.79. The summed E-state index contributed by atoms with van der Waals surface area (Å²) in [6.45, 7) is 0. The smallest absolute Gasteiger partial charge is 0.254 e. The fraction of sp³-hybridized carbons (Fsp3) is 0.706. The minimum absolute atomic E-state index is 0.155. The number of hydrogen-bond donors (Lipinski definition) is 1. The van der Waals surface area contributed by atoms with Crippen molar-refractivity contribution < 1.29 is 14.4 Å². The van der Waals surface area contributed by atoms with Gasteiger partial charge in [0.25, 0.3) is 5.91 Å². The first kappa shape index (κ1) is 13.2. The van der Waals surface area contributed by atoms with E-state index in [2.05, 4.69) is 5.32 Å². The zero-order valence-corrected chi connectivity index (χ0v) is 12.2. The zero-order chi connectivity index (χ0) is 14.6. The Kier molecular flexibility index (Phi) is 3.02. The standard InChI is InChI=1S/C17H21NO3/c19-13-8-7-12(17(21)18-13)15-10-5-1-3-9-4-2-6-11(14(9)10)16(15)20/h9-11,14H,1-8H2,(H,18,19,21)/b15-12+. The maximum absolute atomic E-state index is 12.9. The number of Topliss-reactive ketones (excluding diaryl/α,β-unsaturated/α-hetero) is 1. The lowest BCUT2D eigenvalue weighted by molar-refractivity contribution is -0.130. The van der Waals surface area contributed by atoms with Crippen LogP contribution in [0.3, 0.4) is 0 Å². The van der Waals surface area contributed by atoms with Crippen LogP contribution < -0.4 is 5.32 Å². The Morgan fingerprint density at radius 3 is 2.29 bits per heavy atom. The van der Waals surface area contributed by atoms with Gasteiger partial charge in [-0.1, -0.05) is 25.7 Å². The van der Waals surface area contributed by atoms with Gasteiger partial charge in [-0.15, -0.1) is 0 Å². The number of carbonyl (C=O) groups is 3. The molecule has 0 bridgehead atoms. The van der Waals surface area contributed by atoms with E-state index in [1.165, 1.54) is 19.3 Å². The number of amides is 2. The Labute approximate surface area is 124 Å². The normalized spacial score (nSPS) is 42.8. The van der Waals surface area contributed by atoms with Crippen molar-refractivity contribution >= 4 is 17.6 Å². The van der Waals surface area contributed by atoms with Gasteiger partial charge < -0.3 is 0 Å². The number of hydrogen-bond acceptors (Lipinski definition) is 3. The molecule has 3 aliphatic carbocycles. The van der Waals surface area contributed by atoms with Crippen LogP contribution >= 0.6 is 0 Å². The molecule has 21 heavy (non-hydrogen) atoms. The van der Waals surface area contributed by atoms with Crippen molar-refractivity contribution in [3.8, 4) is 0 Å². The molecule has 4 heteroatoms. The molecule has 1 heterocycles. The topological polar surface area (TPSA) is 63.2 Å². The SMILES string of the molecule is O=C1CC/C(=C2\C(=O)C3CCCC4CCCC2C43)C(=O)N1. The van der Waals surface area contributed by atoms with Crippen LogP contribution in [-0.2, 0) is 14.4 Å². The molecule has 4 unspecified atom stereocenters. The van der Waals surface area contributed by atoms with Crippen molar-refractivity contribution in [2.45, 2.75) is 51.4 Å². The lowest BCUT2D eigenvalue weighted by Gasteiger charge is -2.40. The van der Waals surface area contributed by atoms with Gasteiger partial charge in [-0.2, -0.15) is 0 Å². The molecule has 1 N–H and O–H groups in total. The molecule has 0 radical (unpaired) electrons. The van der Waals surface area contributed by atoms with Crippen LogP contribution in [0.2, 0.25) is 0 Å². The predicted molar refractivity (Wildman–Crippen MR) is 76.1 cm³/mol. The van der Waals surface area contributed by atoms with Crippen LogP contribution in [0.4, 0.5) is 0 Å². The molecule has 0 aromatic rings. The van der Waals surface area contributed by atoms with Crippen molar-refractivity contribution in [2.24, 2.45) is 23.7 Å². The van der Waals surface area contributed by atoms with Crippen molar-refractivity contribution in [3.05, 3.63) is 11.1 Å². The number of imide groups is 1. The van der Waals surface area contributed by atoms with E-state index in [1.54, 1.807) is 0 Å². The number of nitrogens with one attached hydrogen (secondary N) is 1. The molecule has 0 aromatic carbocycles.